The fraction of sp³-hybridized carbons (Fsp3) is 0.750. The largest absolute Gasteiger partial charge is 0.350 e. The highest BCUT2D eigenvalue weighted by molar-refractivity contribution is 7.09. The van der Waals surface area contributed by atoms with Crippen molar-refractivity contribution in [2.75, 3.05) is 33.2 Å². The average molecular weight is 321 g/mol. The van der Waals surface area contributed by atoms with Crippen LogP contribution in [0.5, 0.6) is 0 Å². The third kappa shape index (κ3) is 3.79. The van der Waals surface area contributed by atoms with E-state index in [-0.39, 0.29) is 0 Å². The standard InChI is InChI=1S/C16H27N5S/c1-13-12-22-15(19-13)10-18-16(17-2)21-9-6-14(11-21)20-7-4-3-5-8-20/h12,14H,3-11H2,1-2H3,(H,17,18). The molecule has 2 aliphatic heterocycles. The summed E-state index contributed by atoms with van der Waals surface area (Å²) >= 11 is 1.71. The van der Waals surface area contributed by atoms with Gasteiger partial charge in [-0.2, -0.15) is 0 Å². The minimum atomic E-state index is 0.709. The molecule has 1 N–H and O–H groups in total. The topological polar surface area (TPSA) is 43.8 Å². The van der Waals surface area contributed by atoms with Gasteiger partial charge in [-0.15, -0.1) is 11.3 Å². The van der Waals surface area contributed by atoms with E-state index in [0.717, 1.165) is 36.3 Å². The van der Waals surface area contributed by atoms with Crippen molar-refractivity contribution >= 4 is 17.3 Å². The summed E-state index contributed by atoms with van der Waals surface area (Å²) in [4.78, 5) is 14.1. The van der Waals surface area contributed by atoms with Gasteiger partial charge in [-0.3, -0.25) is 9.89 Å². The Hall–Kier alpha value is -1.14. The van der Waals surface area contributed by atoms with Crippen LogP contribution in [0.1, 0.15) is 36.4 Å². The lowest BCUT2D eigenvalue weighted by Crippen LogP contribution is -2.44. The number of nitrogens with one attached hydrogen (secondary N) is 1. The van der Waals surface area contributed by atoms with Gasteiger partial charge in [0.15, 0.2) is 5.96 Å². The summed E-state index contributed by atoms with van der Waals surface area (Å²) in [6, 6.07) is 0.709. The monoisotopic (exact) mass is 321 g/mol. The average Bonchev–Trinajstić information content (AvgIpc) is 3.18. The Morgan fingerprint density at radius 2 is 2.18 bits per heavy atom. The minimum absolute atomic E-state index is 0.709. The quantitative estimate of drug-likeness (QED) is 0.684. The summed E-state index contributed by atoms with van der Waals surface area (Å²) < 4.78 is 0. The predicted octanol–water partition coefficient (Wildman–Crippen LogP) is 2.09. The van der Waals surface area contributed by atoms with Crippen molar-refractivity contribution < 1.29 is 0 Å². The number of piperidine rings is 1. The molecule has 5 nitrogen and oxygen atoms in total. The van der Waals surface area contributed by atoms with Crippen molar-refractivity contribution in [3.05, 3.63) is 16.1 Å². The normalized spacial score (nSPS) is 24.0. The highest BCUT2D eigenvalue weighted by Gasteiger charge is 2.29. The fourth-order valence-electron chi connectivity index (χ4n) is 3.49. The van der Waals surface area contributed by atoms with Gasteiger partial charge in [0.2, 0.25) is 0 Å². The second-order valence-corrected chi connectivity index (χ2v) is 7.21. The number of rotatable bonds is 3. The molecule has 1 aromatic rings. The molecule has 3 heterocycles. The van der Waals surface area contributed by atoms with E-state index < -0.39 is 0 Å². The Morgan fingerprint density at radius 1 is 1.36 bits per heavy atom. The van der Waals surface area contributed by atoms with Gasteiger partial charge in [0.1, 0.15) is 5.01 Å². The fourth-order valence-corrected chi connectivity index (χ4v) is 4.20. The molecule has 122 valence electrons. The van der Waals surface area contributed by atoms with Crippen molar-refractivity contribution in [2.24, 2.45) is 4.99 Å². The first-order chi connectivity index (χ1) is 10.8. The Morgan fingerprint density at radius 3 is 2.86 bits per heavy atom. The van der Waals surface area contributed by atoms with Crippen LogP contribution in [0.3, 0.4) is 0 Å². The van der Waals surface area contributed by atoms with Crippen molar-refractivity contribution in [3.63, 3.8) is 0 Å². The number of hydrogen-bond acceptors (Lipinski definition) is 4. The van der Waals surface area contributed by atoms with Crippen LogP contribution in [0.25, 0.3) is 0 Å². The number of aliphatic imine (C=N–C) groups is 1. The van der Waals surface area contributed by atoms with Crippen molar-refractivity contribution in [2.45, 2.75) is 45.2 Å². The van der Waals surface area contributed by atoms with Crippen LogP contribution in [-0.4, -0.2) is 60.0 Å². The molecule has 0 aromatic carbocycles. The second-order valence-electron chi connectivity index (χ2n) is 6.27. The lowest BCUT2D eigenvalue weighted by molar-refractivity contribution is 0.168. The van der Waals surface area contributed by atoms with E-state index in [9.17, 15) is 0 Å². The van der Waals surface area contributed by atoms with Gasteiger partial charge in [-0.1, -0.05) is 6.42 Å². The molecule has 3 rings (SSSR count). The zero-order valence-electron chi connectivity index (χ0n) is 13.7. The first-order valence-electron chi connectivity index (χ1n) is 8.37. The summed E-state index contributed by atoms with van der Waals surface area (Å²) in [5.41, 5.74) is 1.10. The van der Waals surface area contributed by atoms with Crippen molar-refractivity contribution in [1.82, 2.24) is 20.1 Å². The van der Waals surface area contributed by atoms with Crippen LogP contribution in [0.15, 0.2) is 10.4 Å². The number of guanidine groups is 1. The van der Waals surface area contributed by atoms with Crippen LogP contribution in [0.4, 0.5) is 0 Å². The Labute approximate surface area is 137 Å². The lowest BCUT2D eigenvalue weighted by atomic mass is 10.1. The maximum Gasteiger partial charge on any atom is 0.194 e. The zero-order valence-corrected chi connectivity index (χ0v) is 14.5. The molecule has 0 radical (unpaired) electrons. The molecular formula is C16H27N5S. The van der Waals surface area contributed by atoms with Crippen LogP contribution in [0, 0.1) is 6.92 Å². The minimum Gasteiger partial charge on any atom is -0.350 e. The van der Waals surface area contributed by atoms with Gasteiger partial charge >= 0.3 is 0 Å². The summed E-state index contributed by atoms with van der Waals surface area (Å²) in [7, 11) is 1.88. The maximum absolute atomic E-state index is 4.51. The summed E-state index contributed by atoms with van der Waals surface area (Å²) in [5, 5.41) is 6.70. The Bertz CT molecular complexity index is 506. The summed E-state index contributed by atoms with van der Waals surface area (Å²) in [6.07, 6.45) is 5.40. The number of nitrogens with zero attached hydrogens (tertiary/aromatic N) is 4. The molecule has 0 spiro atoms. The van der Waals surface area contributed by atoms with Crippen molar-refractivity contribution in [3.8, 4) is 0 Å². The molecule has 0 saturated carbocycles. The number of aromatic nitrogens is 1. The highest BCUT2D eigenvalue weighted by Crippen LogP contribution is 2.20. The molecular weight excluding hydrogens is 294 g/mol. The third-order valence-electron chi connectivity index (χ3n) is 4.65. The predicted molar refractivity (Wildman–Crippen MR) is 92.5 cm³/mol. The van der Waals surface area contributed by atoms with Gasteiger partial charge in [-0.25, -0.2) is 4.98 Å². The third-order valence-corrected chi connectivity index (χ3v) is 5.61. The first kappa shape index (κ1) is 15.7. The number of aryl methyl sites for hydroxylation is 1. The molecule has 6 heteroatoms. The smallest absolute Gasteiger partial charge is 0.194 e. The van der Waals surface area contributed by atoms with Crippen molar-refractivity contribution in [1.29, 1.82) is 0 Å². The summed E-state index contributed by atoms with van der Waals surface area (Å²) in [5.74, 6) is 1.02. The number of hydrogen-bond donors (Lipinski definition) is 1. The van der Waals surface area contributed by atoms with Crippen LogP contribution in [0.2, 0.25) is 0 Å². The van der Waals surface area contributed by atoms with Gasteiger partial charge in [0, 0.05) is 37.3 Å². The van der Waals surface area contributed by atoms with Crippen LogP contribution >= 0.6 is 11.3 Å². The first-order valence-corrected chi connectivity index (χ1v) is 9.25. The van der Waals surface area contributed by atoms with Gasteiger partial charge in [0.05, 0.1) is 6.54 Å². The van der Waals surface area contributed by atoms with E-state index in [4.69, 9.17) is 0 Å². The van der Waals surface area contributed by atoms with Gasteiger partial charge in [-0.05, 0) is 39.3 Å². The molecule has 0 aliphatic carbocycles. The van der Waals surface area contributed by atoms with Crippen LogP contribution < -0.4 is 5.32 Å². The number of likely N-dealkylation sites (tertiary alicyclic amines) is 2. The molecule has 2 saturated heterocycles. The van der Waals surface area contributed by atoms with E-state index in [1.807, 2.05) is 14.0 Å². The van der Waals surface area contributed by atoms with E-state index in [0.29, 0.717) is 6.04 Å². The highest BCUT2D eigenvalue weighted by atomic mass is 32.1. The Kier molecular flexibility index (Phi) is 5.31. The Balaban J connectivity index is 1.51. The van der Waals surface area contributed by atoms with E-state index in [1.54, 1.807) is 11.3 Å². The number of thiazole rings is 1. The zero-order chi connectivity index (χ0) is 15.4. The lowest BCUT2D eigenvalue weighted by Gasteiger charge is -2.32. The summed E-state index contributed by atoms with van der Waals surface area (Å²) in [6.45, 7) is 7.59. The SMILES string of the molecule is CN=C(NCc1nc(C)cs1)N1CCC(N2CCCCC2)C1. The van der Waals surface area contributed by atoms with E-state index >= 15 is 0 Å². The molecule has 0 bridgehead atoms. The molecule has 1 atom stereocenters. The van der Waals surface area contributed by atoms with Crippen LogP contribution in [-0.2, 0) is 6.54 Å². The van der Waals surface area contributed by atoms with Gasteiger partial charge < -0.3 is 10.2 Å². The molecule has 22 heavy (non-hydrogen) atoms. The molecule has 2 fully saturated rings. The van der Waals surface area contributed by atoms with E-state index in [1.165, 1.54) is 38.8 Å². The molecule has 1 unspecified atom stereocenters. The maximum atomic E-state index is 4.51. The molecule has 1 aromatic heterocycles. The molecule has 0 amide bonds. The second kappa shape index (κ2) is 7.42. The van der Waals surface area contributed by atoms with E-state index in [2.05, 4.69) is 30.5 Å². The molecule has 2 aliphatic rings. The van der Waals surface area contributed by atoms with Gasteiger partial charge in [0.25, 0.3) is 0 Å².